The fourth-order valence-corrected chi connectivity index (χ4v) is 2.66. The van der Waals surface area contributed by atoms with Crippen LogP contribution in [0, 0.1) is 0 Å². The number of primary amides is 1. The molecular weight excluding hydrogens is 338 g/mol. The highest BCUT2D eigenvalue weighted by Gasteiger charge is 2.08. The van der Waals surface area contributed by atoms with Crippen LogP contribution in [-0.2, 0) is 6.61 Å². The second-order valence-electron chi connectivity index (χ2n) is 5.19. The van der Waals surface area contributed by atoms with Gasteiger partial charge < -0.3 is 15.8 Å². The summed E-state index contributed by atoms with van der Waals surface area (Å²) in [6, 6.07) is 13.3. The second kappa shape index (κ2) is 7.59. The number of hydrogen-bond acceptors (Lipinski definition) is 5. The molecule has 7 heteroatoms. The van der Waals surface area contributed by atoms with Crippen molar-refractivity contribution >= 4 is 28.8 Å². The Morgan fingerprint density at radius 1 is 1.12 bits per heavy atom. The fourth-order valence-electron chi connectivity index (χ4n) is 2.11. The first kappa shape index (κ1) is 16.7. The number of carbonyl (C=O) groups excluding carboxylic acids is 2. The molecule has 0 saturated carbocycles. The molecule has 1 heterocycles. The van der Waals surface area contributed by atoms with Crippen molar-refractivity contribution in [2.24, 2.45) is 5.73 Å². The van der Waals surface area contributed by atoms with Crippen LogP contribution in [-0.4, -0.2) is 16.8 Å². The summed E-state index contributed by atoms with van der Waals surface area (Å²) in [5.41, 5.74) is 9.20. The molecule has 0 atom stereocenters. The standard InChI is InChI=1S/C18H15N3O3S/c19-17(22)12-4-6-14(7-5-12)21-18(23)13-2-1-3-16(8-13)24-9-15-10-25-11-20-15/h1-8,10-11H,9H2,(H2,19,22)(H,21,23). The van der Waals surface area contributed by atoms with Crippen molar-refractivity contribution in [1.82, 2.24) is 4.98 Å². The van der Waals surface area contributed by atoms with E-state index in [1.807, 2.05) is 5.38 Å². The maximum Gasteiger partial charge on any atom is 0.255 e. The average Bonchev–Trinajstić information content (AvgIpc) is 3.14. The molecule has 0 radical (unpaired) electrons. The predicted molar refractivity (Wildman–Crippen MR) is 95.8 cm³/mol. The first-order valence-corrected chi connectivity index (χ1v) is 8.37. The van der Waals surface area contributed by atoms with Gasteiger partial charge in [0.05, 0.1) is 11.2 Å². The minimum absolute atomic E-state index is 0.272. The molecule has 0 aliphatic heterocycles. The summed E-state index contributed by atoms with van der Waals surface area (Å²) >= 11 is 1.50. The molecular formula is C18H15N3O3S. The Bertz CT molecular complexity index is 877. The lowest BCUT2D eigenvalue weighted by Crippen LogP contribution is -2.13. The molecule has 3 N–H and O–H groups in total. The van der Waals surface area contributed by atoms with E-state index in [0.717, 1.165) is 5.69 Å². The van der Waals surface area contributed by atoms with E-state index in [9.17, 15) is 9.59 Å². The van der Waals surface area contributed by atoms with Crippen LogP contribution in [0.25, 0.3) is 0 Å². The molecule has 3 aromatic rings. The van der Waals surface area contributed by atoms with Crippen LogP contribution in [0.5, 0.6) is 5.75 Å². The number of amides is 2. The number of hydrogen-bond donors (Lipinski definition) is 2. The van der Waals surface area contributed by atoms with E-state index in [-0.39, 0.29) is 5.91 Å². The van der Waals surface area contributed by atoms with Gasteiger partial charge in [0.15, 0.2) is 0 Å². The topological polar surface area (TPSA) is 94.3 Å². The van der Waals surface area contributed by atoms with Gasteiger partial charge in [-0.25, -0.2) is 4.98 Å². The SMILES string of the molecule is NC(=O)c1ccc(NC(=O)c2cccc(OCc3cscn3)c2)cc1. The molecule has 0 unspecified atom stereocenters. The molecule has 0 saturated heterocycles. The number of rotatable bonds is 6. The van der Waals surface area contributed by atoms with Crippen LogP contribution in [0.1, 0.15) is 26.4 Å². The number of anilines is 1. The van der Waals surface area contributed by atoms with Crippen molar-refractivity contribution in [3.63, 3.8) is 0 Å². The highest BCUT2D eigenvalue weighted by molar-refractivity contribution is 7.07. The van der Waals surface area contributed by atoms with E-state index in [0.29, 0.717) is 29.2 Å². The van der Waals surface area contributed by atoms with Crippen molar-refractivity contribution in [3.05, 3.63) is 76.2 Å². The Morgan fingerprint density at radius 3 is 2.60 bits per heavy atom. The lowest BCUT2D eigenvalue weighted by molar-refractivity contribution is 0.0998. The normalized spacial score (nSPS) is 10.2. The quantitative estimate of drug-likeness (QED) is 0.712. The Labute approximate surface area is 148 Å². The van der Waals surface area contributed by atoms with Gasteiger partial charge in [0, 0.05) is 22.2 Å². The van der Waals surface area contributed by atoms with Crippen LogP contribution >= 0.6 is 11.3 Å². The average molecular weight is 353 g/mol. The maximum atomic E-state index is 12.3. The van der Waals surface area contributed by atoms with E-state index in [4.69, 9.17) is 10.5 Å². The van der Waals surface area contributed by atoms with E-state index in [2.05, 4.69) is 10.3 Å². The third kappa shape index (κ3) is 4.42. The Kier molecular flexibility index (Phi) is 5.06. The number of thiazole rings is 1. The van der Waals surface area contributed by atoms with Crippen molar-refractivity contribution in [1.29, 1.82) is 0 Å². The van der Waals surface area contributed by atoms with Crippen molar-refractivity contribution in [2.45, 2.75) is 6.61 Å². The molecule has 0 fully saturated rings. The number of nitrogens with zero attached hydrogens (tertiary/aromatic N) is 1. The minimum atomic E-state index is -0.511. The molecule has 0 bridgehead atoms. The minimum Gasteiger partial charge on any atom is -0.487 e. The molecule has 1 aromatic heterocycles. The molecule has 2 aromatic carbocycles. The van der Waals surface area contributed by atoms with E-state index in [1.165, 1.54) is 11.3 Å². The monoisotopic (exact) mass is 353 g/mol. The molecule has 0 aliphatic rings. The van der Waals surface area contributed by atoms with Gasteiger partial charge >= 0.3 is 0 Å². The Hall–Kier alpha value is -3.19. The zero-order valence-electron chi connectivity index (χ0n) is 13.1. The molecule has 6 nitrogen and oxygen atoms in total. The van der Waals surface area contributed by atoms with Gasteiger partial charge in [-0.2, -0.15) is 0 Å². The van der Waals surface area contributed by atoms with Crippen LogP contribution in [0.3, 0.4) is 0 Å². The lowest BCUT2D eigenvalue weighted by atomic mass is 10.1. The van der Waals surface area contributed by atoms with E-state index < -0.39 is 5.91 Å². The summed E-state index contributed by atoms with van der Waals surface area (Å²) in [4.78, 5) is 27.6. The summed E-state index contributed by atoms with van der Waals surface area (Å²) in [6.45, 7) is 0.350. The molecule has 25 heavy (non-hydrogen) atoms. The molecule has 3 rings (SSSR count). The predicted octanol–water partition coefficient (Wildman–Crippen LogP) is 3.07. The Balaban J connectivity index is 1.65. The van der Waals surface area contributed by atoms with Gasteiger partial charge in [-0.3, -0.25) is 9.59 Å². The van der Waals surface area contributed by atoms with Gasteiger partial charge in [-0.1, -0.05) is 6.07 Å². The summed E-state index contributed by atoms with van der Waals surface area (Å²) < 4.78 is 5.65. The number of nitrogens with two attached hydrogens (primary N) is 1. The van der Waals surface area contributed by atoms with Gasteiger partial charge in [-0.05, 0) is 42.5 Å². The number of ether oxygens (including phenoxy) is 1. The van der Waals surface area contributed by atoms with Gasteiger partial charge in [0.25, 0.3) is 5.91 Å². The van der Waals surface area contributed by atoms with E-state index in [1.54, 1.807) is 54.0 Å². The second-order valence-corrected chi connectivity index (χ2v) is 5.91. The fraction of sp³-hybridized carbons (Fsp3) is 0.0556. The zero-order chi connectivity index (χ0) is 17.6. The third-order valence-corrected chi connectivity index (χ3v) is 4.03. The van der Waals surface area contributed by atoms with Gasteiger partial charge in [-0.15, -0.1) is 11.3 Å². The van der Waals surface area contributed by atoms with Crippen molar-refractivity contribution < 1.29 is 14.3 Å². The maximum absolute atomic E-state index is 12.3. The number of nitrogens with one attached hydrogen (secondary N) is 1. The summed E-state index contributed by atoms with van der Waals surface area (Å²) in [5, 5.41) is 4.67. The third-order valence-electron chi connectivity index (χ3n) is 3.39. The smallest absolute Gasteiger partial charge is 0.255 e. The Morgan fingerprint density at radius 2 is 1.92 bits per heavy atom. The molecule has 126 valence electrons. The van der Waals surface area contributed by atoms with Crippen LogP contribution in [0.2, 0.25) is 0 Å². The molecule has 2 amide bonds. The lowest BCUT2D eigenvalue weighted by Gasteiger charge is -2.08. The zero-order valence-corrected chi connectivity index (χ0v) is 14.0. The molecule has 0 spiro atoms. The van der Waals surface area contributed by atoms with Crippen LogP contribution < -0.4 is 15.8 Å². The molecule has 0 aliphatic carbocycles. The number of aromatic nitrogens is 1. The van der Waals surface area contributed by atoms with E-state index >= 15 is 0 Å². The van der Waals surface area contributed by atoms with Gasteiger partial charge in [0.1, 0.15) is 12.4 Å². The first-order chi connectivity index (χ1) is 12.1. The highest BCUT2D eigenvalue weighted by atomic mass is 32.1. The summed E-state index contributed by atoms with van der Waals surface area (Å²) in [7, 11) is 0. The first-order valence-electron chi connectivity index (χ1n) is 7.43. The largest absolute Gasteiger partial charge is 0.487 e. The van der Waals surface area contributed by atoms with Crippen LogP contribution in [0.15, 0.2) is 59.4 Å². The van der Waals surface area contributed by atoms with Crippen molar-refractivity contribution in [2.75, 3.05) is 5.32 Å². The summed E-state index contributed by atoms with van der Waals surface area (Å²) in [5.74, 6) is -0.196. The van der Waals surface area contributed by atoms with Crippen LogP contribution in [0.4, 0.5) is 5.69 Å². The van der Waals surface area contributed by atoms with Gasteiger partial charge in [0.2, 0.25) is 5.91 Å². The number of carbonyl (C=O) groups is 2. The highest BCUT2D eigenvalue weighted by Crippen LogP contribution is 2.17. The number of benzene rings is 2. The summed E-state index contributed by atoms with van der Waals surface area (Å²) in [6.07, 6.45) is 0. The van der Waals surface area contributed by atoms with Crippen molar-refractivity contribution in [3.8, 4) is 5.75 Å².